The third-order valence-corrected chi connectivity index (χ3v) is 6.05. The van der Waals surface area contributed by atoms with Crippen molar-refractivity contribution < 1.29 is 4.74 Å². The van der Waals surface area contributed by atoms with Gasteiger partial charge in [-0.3, -0.25) is 0 Å². The molecule has 0 bridgehead atoms. The lowest BCUT2D eigenvalue weighted by molar-refractivity contribution is 0.117. The molecule has 0 amide bonds. The van der Waals surface area contributed by atoms with Crippen LogP contribution in [0, 0.1) is 13.0 Å². The second-order valence-electron chi connectivity index (χ2n) is 8.08. The van der Waals surface area contributed by atoms with Crippen LogP contribution in [0.2, 0.25) is 0 Å². The minimum absolute atomic E-state index is 0.658. The lowest BCUT2D eigenvalue weighted by Gasteiger charge is -2.25. The molecule has 26 heavy (non-hydrogen) atoms. The predicted molar refractivity (Wildman–Crippen MR) is 117 cm³/mol. The normalized spacial score (nSPS) is 22.3. The molecular formula is C23H42Cl2O. The molecule has 0 aromatic heterocycles. The molecule has 0 unspecified atom stereocenters. The van der Waals surface area contributed by atoms with Crippen molar-refractivity contribution in [2.45, 2.75) is 126 Å². The highest BCUT2D eigenvalue weighted by Crippen LogP contribution is 2.37. The predicted octanol–water partition coefficient (Wildman–Crippen LogP) is 8.97. The highest BCUT2D eigenvalue weighted by Gasteiger charge is 2.28. The molecule has 1 saturated heterocycles. The smallest absolute Gasteiger partial charge is 0.121 e. The third-order valence-electron chi connectivity index (χ3n) is 5.40. The Morgan fingerprint density at radius 3 is 1.58 bits per heavy atom. The van der Waals surface area contributed by atoms with Gasteiger partial charge in [0.15, 0.2) is 0 Å². The molecule has 1 nitrogen and oxygen atoms in total. The van der Waals surface area contributed by atoms with E-state index in [9.17, 15) is 0 Å². The SMILES string of the molecule is [CH2]CCC(Cl)(Cl)C[C]1CCCCCCCCCCCCCCCCCO1. The number of hydrogen-bond acceptors (Lipinski definition) is 1. The van der Waals surface area contributed by atoms with E-state index in [1.165, 1.54) is 89.9 Å². The van der Waals surface area contributed by atoms with Crippen LogP contribution < -0.4 is 0 Å². The molecule has 3 heteroatoms. The molecule has 0 aliphatic carbocycles. The van der Waals surface area contributed by atoms with Crippen LogP contribution in [0.4, 0.5) is 0 Å². The maximum atomic E-state index is 6.46. The summed E-state index contributed by atoms with van der Waals surface area (Å²) < 4.78 is 5.40. The Kier molecular flexibility index (Phi) is 15.6. The molecule has 2 radical (unpaired) electrons. The second kappa shape index (κ2) is 16.5. The zero-order valence-corrected chi connectivity index (χ0v) is 18.5. The van der Waals surface area contributed by atoms with E-state index in [4.69, 9.17) is 27.9 Å². The summed E-state index contributed by atoms with van der Waals surface area (Å²) >= 11 is 12.9. The van der Waals surface area contributed by atoms with Gasteiger partial charge in [-0.15, -0.1) is 23.2 Å². The van der Waals surface area contributed by atoms with E-state index in [-0.39, 0.29) is 0 Å². The molecule has 0 saturated carbocycles. The fourth-order valence-electron chi connectivity index (χ4n) is 3.79. The number of rotatable bonds is 4. The highest BCUT2D eigenvalue weighted by molar-refractivity contribution is 6.48. The Hall–Kier alpha value is 0.540. The maximum Gasteiger partial charge on any atom is 0.121 e. The average Bonchev–Trinajstić information content (AvgIpc) is 2.59. The van der Waals surface area contributed by atoms with Crippen LogP contribution in [-0.2, 0) is 4.74 Å². The molecule has 0 aromatic carbocycles. The first-order chi connectivity index (χ1) is 12.6. The lowest BCUT2D eigenvalue weighted by Crippen LogP contribution is -2.19. The summed E-state index contributed by atoms with van der Waals surface area (Å²) in [5, 5.41) is 0. The Balaban J connectivity index is 2.37. The summed E-state index contributed by atoms with van der Waals surface area (Å²) in [5.41, 5.74) is 0. The van der Waals surface area contributed by atoms with Crippen LogP contribution in [0.1, 0.15) is 122 Å². The Morgan fingerprint density at radius 2 is 1.12 bits per heavy atom. The van der Waals surface area contributed by atoms with Crippen molar-refractivity contribution in [3.05, 3.63) is 13.0 Å². The van der Waals surface area contributed by atoms with E-state index in [1.807, 2.05) is 0 Å². The second-order valence-corrected chi connectivity index (χ2v) is 9.72. The van der Waals surface area contributed by atoms with Crippen LogP contribution in [0.3, 0.4) is 0 Å². The minimum Gasteiger partial charge on any atom is -0.372 e. The van der Waals surface area contributed by atoms with E-state index in [0.717, 1.165) is 38.4 Å². The van der Waals surface area contributed by atoms with Crippen molar-refractivity contribution in [3.8, 4) is 0 Å². The van der Waals surface area contributed by atoms with Crippen molar-refractivity contribution >= 4 is 23.2 Å². The summed E-state index contributed by atoms with van der Waals surface area (Å²) in [6.45, 7) is 4.71. The zero-order valence-electron chi connectivity index (χ0n) is 17.0. The maximum absolute atomic E-state index is 6.46. The van der Waals surface area contributed by atoms with E-state index in [1.54, 1.807) is 0 Å². The quantitative estimate of drug-likeness (QED) is 0.424. The number of ether oxygens (including phenoxy) is 1. The lowest BCUT2D eigenvalue weighted by atomic mass is 10.0. The third kappa shape index (κ3) is 14.6. The molecule has 1 heterocycles. The van der Waals surface area contributed by atoms with Crippen LogP contribution in [-0.4, -0.2) is 10.9 Å². The first kappa shape index (κ1) is 24.6. The first-order valence-electron chi connectivity index (χ1n) is 11.3. The van der Waals surface area contributed by atoms with Gasteiger partial charge < -0.3 is 4.74 Å². The molecule has 1 aliphatic rings. The van der Waals surface area contributed by atoms with Crippen molar-refractivity contribution in [2.75, 3.05) is 6.61 Å². The van der Waals surface area contributed by atoms with Gasteiger partial charge >= 0.3 is 0 Å². The fraction of sp³-hybridized carbons (Fsp3) is 0.913. The Morgan fingerprint density at radius 1 is 0.692 bits per heavy atom. The molecule has 154 valence electrons. The fourth-order valence-corrected chi connectivity index (χ4v) is 4.35. The van der Waals surface area contributed by atoms with Gasteiger partial charge in [0.1, 0.15) is 4.33 Å². The topological polar surface area (TPSA) is 9.23 Å². The minimum atomic E-state index is -0.716. The van der Waals surface area contributed by atoms with Crippen molar-refractivity contribution in [3.63, 3.8) is 0 Å². The zero-order chi connectivity index (χ0) is 18.9. The molecule has 1 fully saturated rings. The van der Waals surface area contributed by atoms with E-state index in [0.29, 0.717) is 6.42 Å². The van der Waals surface area contributed by atoms with Crippen LogP contribution in [0.5, 0.6) is 0 Å². The van der Waals surface area contributed by atoms with Gasteiger partial charge in [-0.1, -0.05) is 103 Å². The van der Waals surface area contributed by atoms with E-state index in [2.05, 4.69) is 6.92 Å². The molecule has 1 aliphatic heterocycles. The van der Waals surface area contributed by atoms with Crippen LogP contribution in [0.25, 0.3) is 0 Å². The van der Waals surface area contributed by atoms with Crippen molar-refractivity contribution in [2.24, 2.45) is 0 Å². The summed E-state index contributed by atoms with van der Waals surface area (Å²) in [6.07, 6.45) is 24.6. The molecule has 0 atom stereocenters. The van der Waals surface area contributed by atoms with Gasteiger partial charge in [0.2, 0.25) is 0 Å². The summed E-state index contributed by atoms with van der Waals surface area (Å²) in [4.78, 5) is 0. The number of hydrogen-bond donors (Lipinski definition) is 0. The van der Waals surface area contributed by atoms with Crippen LogP contribution >= 0.6 is 23.2 Å². The summed E-state index contributed by atoms with van der Waals surface area (Å²) in [6, 6.07) is 0. The molecule has 0 aromatic rings. The highest BCUT2D eigenvalue weighted by atomic mass is 35.5. The number of halogens is 2. The van der Waals surface area contributed by atoms with Gasteiger partial charge in [0.05, 0.1) is 6.10 Å². The standard InChI is InChI=1S/C23H42Cl2O/c1-2-19-23(24,25)21-22-18-16-14-12-10-8-6-4-3-5-7-9-11-13-15-17-20-26-22/h1-21H2. The van der Waals surface area contributed by atoms with Gasteiger partial charge in [-0.25, -0.2) is 0 Å². The van der Waals surface area contributed by atoms with E-state index < -0.39 is 4.33 Å². The van der Waals surface area contributed by atoms with Gasteiger partial charge in [0, 0.05) is 13.0 Å². The van der Waals surface area contributed by atoms with E-state index >= 15 is 0 Å². The van der Waals surface area contributed by atoms with Gasteiger partial charge in [0.25, 0.3) is 0 Å². The Bertz CT molecular complexity index is 287. The van der Waals surface area contributed by atoms with Gasteiger partial charge in [-0.2, -0.15) is 0 Å². The molecule has 0 spiro atoms. The van der Waals surface area contributed by atoms with Gasteiger partial charge in [-0.05, 0) is 19.3 Å². The van der Waals surface area contributed by atoms with Crippen LogP contribution in [0.15, 0.2) is 0 Å². The molecule has 0 N–H and O–H groups in total. The van der Waals surface area contributed by atoms with Crippen molar-refractivity contribution in [1.29, 1.82) is 0 Å². The molecular weight excluding hydrogens is 363 g/mol. The summed E-state index contributed by atoms with van der Waals surface area (Å²) in [5.74, 6) is 0. The first-order valence-corrected chi connectivity index (χ1v) is 12.0. The average molecular weight is 405 g/mol. The van der Waals surface area contributed by atoms with Crippen molar-refractivity contribution in [1.82, 2.24) is 0 Å². The monoisotopic (exact) mass is 404 g/mol. The number of alkyl halides is 2. The summed E-state index contributed by atoms with van der Waals surface area (Å²) in [7, 11) is 0. The Labute approximate surface area is 173 Å². The largest absolute Gasteiger partial charge is 0.372 e. The molecule has 1 rings (SSSR count).